The Bertz CT molecular complexity index is 927. The van der Waals surface area contributed by atoms with Crippen LogP contribution in [0.2, 0.25) is 0 Å². The summed E-state index contributed by atoms with van der Waals surface area (Å²) < 4.78 is 5.13. The van der Waals surface area contributed by atoms with E-state index < -0.39 is 66.0 Å². The number of urea groups is 1. The maximum Gasteiger partial charge on any atom is 0.331 e. The number of benzene rings is 1. The Labute approximate surface area is 194 Å². The molecule has 10 N–H and O–H groups in total. The third kappa shape index (κ3) is 6.63. The van der Waals surface area contributed by atoms with Gasteiger partial charge in [0.25, 0.3) is 11.8 Å². The number of rotatable bonds is 10. The summed E-state index contributed by atoms with van der Waals surface area (Å²) in [7, 11) is 0. The number of nitrogens with one attached hydrogen (secondary N) is 4. The number of hydrogen-bond donors (Lipinski definition) is 8. The van der Waals surface area contributed by atoms with Crippen LogP contribution >= 0.6 is 0 Å². The van der Waals surface area contributed by atoms with Crippen molar-refractivity contribution in [1.29, 1.82) is 0 Å². The van der Waals surface area contributed by atoms with Crippen molar-refractivity contribution in [3.05, 3.63) is 35.9 Å². The first-order valence-corrected chi connectivity index (χ1v) is 10.2. The molecule has 1 aromatic carbocycles. The molecule has 0 radical (unpaired) electrons. The quantitative estimate of drug-likeness (QED) is 0.122. The molecule has 5 atom stereocenters. The van der Waals surface area contributed by atoms with Gasteiger partial charge in [0.15, 0.2) is 6.04 Å². The lowest BCUT2D eigenvalue weighted by atomic mass is 10.1. The van der Waals surface area contributed by atoms with Gasteiger partial charge in [0, 0.05) is 0 Å². The molecule has 1 saturated carbocycles. The van der Waals surface area contributed by atoms with Crippen molar-refractivity contribution in [2.75, 3.05) is 6.61 Å². The lowest BCUT2D eigenvalue weighted by Crippen LogP contribution is -2.61. The third-order valence-corrected chi connectivity index (χ3v) is 5.13. The number of aliphatic hydroxyl groups is 2. The van der Waals surface area contributed by atoms with Crippen LogP contribution in [0.15, 0.2) is 30.3 Å². The van der Waals surface area contributed by atoms with Crippen molar-refractivity contribution in [3.63, 3.8) is 0 Å². The van der Waals surface area contributed by atoms with Gasteiger partial charge in [-0.15, -0.1) is 0 Å². The molecule has 0 saturated heterocycles. The fraction of sp³-hybridized carbons (Fsp3) is 0.450. The lowest BCUT2D eigenvalue weighted by molar-refractivity contribution is -0.150. The Kier molecular flexibility index (Phi) is 8.89. The molecule has 0 heterocycles. The zero-order valence-corrected chi connectivity index (χ0v) is 18.3. The second kappa shape index (κ2) is 11.4. The molecule has 0 aromatic heterocycles. The highest BCUT2D eigenvalue weighted by Gasteiger charge is 2.64. The number of ether oxygens (including phenoxy) is 1. The Balaban J connectivity index is 2.01. The first-order valence-electron chi connectivity index (χ1n) is 10.2. The average molecular weight is 480 g/mol. The molecule has 1 aliphatic carbocycles. The smallest absolute Gasteiger partial charge is 0.331 e. The summed E-state index contributed by atoms with van der Waals surface area (Å²) in [4.78, 5) is 60.8. The van der Waals surface area contributed by atoms with Crippen LogP contribution in [0.3, 0.4) is 0 Å². The van der Waals surface area contributed by atoms with Crippen LogP contribution in [-0.4, -0.2) is 70.3 Å². The van der Waals surface area contributed by atoms with Gasteiger partial charge in [-0.05, 0) is 18.9 Å². The van der Waals surface area contributed by atoms with Crippen LogP contribution < -0.4 is 33.0 Å². The Morgan fingerprint density at radius 3 is 2.35 bits per heavy atom. The second-order valence-corrected chi connectivity index (χ2v) is 7.77. The van der Waals surface area contributed by atoms with Gasteiger partial charge in [-0.2, -0.15) is 0 Å². The van der Waals surface area contributed by atoms with Crippen molar-refractivity contribution in [3.8, 4) is 0 Å². The van der Waals surface area contributed by atoms with Crippen LogP contribution in [0.1, 0.15) is 18.9 Å². The van der Waals surface area contributed by atoms with E-state index in [1.54, 1.807) is 30.3 Å². The van der Waals surface area contributed by atoms with Crippen molar-refractivity contribution < 1.29 is 38.9 Å². The molecule has 14 nitrogen and oxygen atoms in total. The summed E-state index contributed by atoms with van der Waals surface area (Å²) in [6.07, 6.45) is -1.54. The predicted octanol–water partition coefficient (Wildman–Crippen LogP) is -3.51. The third-order valence-electron chi connectivity index (χ3n) is 5.13. The number of hydrogen-bond acceptors (Lipinski definition) is 9. The maximum absolute atomic E-state index is 12.6. The van der Waals surface area contributed by atoms with E-state index in [1.807, 2.05) is 10.9 Å². The molecule has 0 aliphatic heterocycles. The predicted molar refractivity (Wildman–Crippen MR) is 115 cm³/mol. The van der Waals surface area contributed by atoms with Gasteiger partial charge in [-0.25, -0.2) is 9.59 Å². The molecule has 0 spiro atoms. The van der Waals surface area contributed by atoms with E-state index in [2.05, 4.69) is 10.6 Å². The van der Waals surface area contributed by atoms with Crippen LogP contribution in [0.25, 0.3) is 0 Å². The molecule has 5 amide bonds. The van der Waals surface area contributed by atoms with E-state index >= 15 is 0 Å². The minimum Gasteiger partial charge on any atom is -0.459 e. The van der Waals surface area contributed by atoms with Crippen LogP contribution in [0.5, 0.6) is 0 Å². The van der Waals surface area contributed by atoms with Gasteiger partial charge in [0.2, 0.25) is 5.91 Å². The molecule has 34 heavy (non-hydrogen) atoms. The van der Waals surface area contributed by atoms with E-state index in [9.17, 15) is 29.1 Å². The molecule has 186 valence electrons. The molecule has 14 heteroatoms. The largest absolute Gasteiger partial charge is 0.459 e. The second-order valence-electron chi connectivity index (χ2n) is 7.77. The number of carbonyl (C=O) groups is 5. The molecule has 3 unspecified atom stereocenters. The normalized spacial score (nSPS) is 21.2. The minimum absolute atomic E-state index is 0.0992. The monoisotopic (exact) mass is 480 g/mol. The Morgan fingerprint density at radius 2 is 1.82 bits per heavy atom. The summed E-state index contributed by atoms with van der Waals surface area (Å²) in [5.41, 5.74) is 13.4. The number of esters is 1. The van der Waals surface area contributed by atoms with Crippen molar-refractivity contribution in [1.82, 2.24) is 21.5 Å². The maximum atomic E-state index is 12.6. The van der Waals surface area contributed by atoms with Crippen LogP contribution in [0, 0.1) is 5.92 Å². The Hall–Kier alpha value is -3.75. The van der Waals surface area contributed by atoms with Gasteiger partial charge in [0.1, 0.15) is 18.2 Å². The molecular formula is C20H28N6O8. The number of nitrogens with two attached hydrogens (primary N) is 2. The van der Waals surface area contributed by atoms with Crippen molar-refractivity contribution >= 4 is 29.7 Å². The zero-order chi connectivity index (χ0) is 25.5. The van der Waals surface area contributed by atoms with Crippen LogP contribution in [-0.2, 0) is 30.5 Å². The fourth-order valence-corrected chi connectivity index (χ4v) is 3.03. The van der Waals surface area contributed by atoms with Gasteiger partial charge in [-0.3, -0.25) is 25.2 Å². The zero-order valence-electron chi connectivity index (χ0n) is 18.3. The number of aliphatic hydroxyl groups excluding tert-OH is 2. The highest BCUT2D eigenvalue weighted by Crippen LogP contribution is 2.43. The van der Waals surface area contributed by atoms with E-state index in [-0.39, 0.29) is 13.0 Å². The highest BCUT2D eigenvalue weighted by atomic mass is 16.5. The summed E-state index contributed by atoms with van der Waals surface area (Å²) in [6.45, 7) is 0.469. The molecule has 1 aromatic rings. The van der Waals surface area contributed by atoms with Crippen LogP contribution in [0.4, 0.5) is 4.79 Å². The SMILES string of the molecule is CC(O)[C@H](NC(=O)NC1(C(=O)NNC(=O)[C@@H](N)CO)CC1C(N)=O)C(=O)OCc1ccccc1. The summed E-state index contributed by atoms with van der Waals surface area (Å²) in [6, 6.07) is 4.84. The van der Waals surface area contributed by atoms with Gasteiger partial charge < -0.3 is 37.1 Å². The number of hydrazine groups is 1. The fourth-order valence-electron chi connectivity index (χ4n) is 3.03. The van der Waals surface area contributed by atoms with Crippen molar-refractivity contribution in [2.24, 2.45) is 17.4 Å². The average Bonchev–Trinajstić information content (AvgIpc) is 3.54. The summed E-state index contributed by atoms with van der Waals surface area (Å²) >= 11 is 0. The van der Waals surface area contributed by atoms with Gasteiger partial charge in [-0.1, -0.05) is 30.3 Å². The van der Waals surface area contributed by atoms with E-state index in [0.717, 1.165) is 0 Å². The van der Waals surface area contributed by atoms with Gasteiger partial charge >= 0.3 is 12.0 Å². The number of carbonyl (C=O) groups excluding carboxylic acids is 5. The molecule has 2 rings (SSSR count). The molecule has 1 aliphatic rings. The van der Waals surface area contributed by atoms with E-state index in [0.29, 0.717) is 5.56 Å². The lowest BCUT2D eigenvalue weighted by Gasteiger charge is -2.23. The highest BCUT2D eigenvalue weighted by molar-refractivity contribution is 6.02. The summed E-state index contributed by atoms with van der Waals surface area (Å²) in [5.74, 6) is -4.81. The number of amides is 5. The first-order chi connectivity index (χ1) is 16.0. The molecule has 0 bridgehead atoms. The standard InChI is InChI=1S/C20H28N6O8/c1-10(28)14(17(31)34-9-11-5-3-2-4-6-11)23-19(33)24-20(7-12(20)15(22)29)18(32)26-25-16(30)13(21)8-27/h2-6,10,12-14,27-28H,7-9,21H2,1H3,(H2,22,29)(H,25,30)(H,26,32)(H2,23,24,33)/t10?,12?,13-,14-,20?/m0/s1. The van der Waals surface area contributed by atoms with Gasteiger partial charge in [0.05, 0.1) is 18.6 Å². The van der Waals surface area contributed by atoms with E-state index in [4.69, 9.17) is 21.3 Å². The minimum atomic E-state index is -1.82. The first kappa shape index (κ1) is 26.5. The topological polar surface area (TPSA) is 235 Å². The number of primary amides is 1. The van der Waals surface area contributed by atoms with Crippen molar-refractivity contribution in [2.45, 2.75) is 43.7 Å². The summed E-state index contributed by atoms with van der Waals surface area (Å²) in [5, 5.41) is 23.3. The molecular weight excluding hydrogens is 452 g/mol. The molecule has 1 fully saturated rings. The van der Waals surface area contributed by atoms with E-state index in [1.165, 1.54) is 6.92 Å². The Morgan fingerprint density at radius 1 is 1.18 bits per heavy atom.